The van der Waals surface area contributed by atoms with Crippen LogP contribution in [0.5, 0.6) is 0 Å². The van der Waals surface area contributed by atoms with E-state index < -0.39 is 0 Å². The quantitative estimate of drug-likeness (QED) is 0.905. The lowest BCUT2D eigenvalue weighted by molar-refractivity contribution is 0.0924. The van der Waals surface area contributed by atoms with E-state index in [0.29, 0.717) is 18.4 Å². The highest BCUT2D eigenvalue weighted by atomic mass is 16.2. The van der Waals surface area contributed by atoms with Crippen LogP contribution in [0.25, 0.3) is 0 Å². The highest BCUT2D eigenvalue weighted by molar-refractivity contribution is 5.90. The number of carbonyl (C=O) groups is 1. The molecule has 3 rings (SSSR count). The van der Waals surface area contributed by atoms with Crippen LogP contribution in [0.4, 0.5) is 0 Å². The number of likely N-dealkylation sites (tertiary alicyclic amines) is 1. The molecule has 1 unspecified atom stereocenters. The van der Waals surface area contributed by atoms with Gasteiger partial charge in [0, 0.05) is 31.0 Å². The highest BCUT2D eigenvalue weighted by Crippen LogP contribution is 2.16. The maximum atomic E-state index is 12.3. The summed E-state index contributed by atoms with van der Waals surface area (Å²) in [5, 5.41) is 3.05. The van der Waals surface area contributed by atoms with Gasteiger partial charge in [-0.05, 0) is 52.1 Å². The minimum Gasteiger partial charge on any atom is -0.348 e. The van der Waals surface area contributed by atoms with Crippen molar-refractivity contribution in [3.05, 3.63) is 17.7 Å². The summed E-state index contributed by atoms with van der Waals surface area (Å²) in [6.07, 6.45) is 7.83. The first kappa shape index (κ1) is 13.6. The molecular formula is C15H24N4O. The minimum atomic E-state index is -0.0239. The van der Waals surface area contributed by atoms with Gasteiger partial charge in [-0.2, -0.15) is 0 Å². The Balaban J connectivity index is 1.57. The topological polar surface area (TPSA) is 50.2 Å². The van der Waals surface area contributed by atoms with Crippen molar-refractivity contribution in [1.82, 2.24) is 19.8 Å². The molecule has 0 saturated carbocycles. The van der Waals surface area contributed by atoms with Crippen molar-refractivity contribution in [1.29, 1.82) is 0 Å². The Morgan fingerprint density at radius 2 is 2.05 bits per heavy atom. The van der Waals surface area contributed by atoms with E-state index in [2.05, 4.69) is 26.7 Å². The number of aromatic nitrogens is 2. The summed E-state index contributed by atoms with van der Waals surface area (Å²) in [5.41, 5.74) is 1.20. The zero-order valence-electron chi connectivity index (χ0n) is 12.3. The third-order valence-electron chi connectivity index (χ3n) is 4.53. The zero-order valence-corrected chi connectivity index (χ0v) is 12.3. The minimum absolute atomic E-state index is 0.0239. The Hall–Kier alpha value is -1.36. The van der Waals surface area contributed by atoms with E-state index in [0.717, 1.165) is 32.5 Å². The molecule has 1 saturated heterocycles. The molecule has 0 aliphatic carbocycles. The van der Waals surface area contributed by atoms with Crippen LogP contribution in [0.1, 0.15) is 48.9 Å². The summed E-state index contributed by atoms with van der Waals surface area (Å²) in [5.74, 6) is 0.567. The lowest BCUT2D eigenvalue weighted by Crippen LogP contribution is -2.41. The van der Waals surface area contributed by atoms with Crippen molar-refractivity contribution in [2.75, 3.05) is 19.6 Å². The van der Waals surface area contributed by atoms with Crippen LogP contribution in [-0.4, -0.2) is 46.0 Å². The maximum absolute atomic E-state index is 12.3. The van der Waals surface area contributed by atoms with Crippen LogP contribution in [-0.2, 0) is 13.0 Å². The van der Waals surface area contributed by atoms with Gasteiger partial charge in [0.25, 0.3) is 5.91 Å². The van der Waals surface area contributed by atoms with Crippen molar-refractivity contribution in [3.8, 4) is 0 Å². The van der Waals surface area contributed by atoms with Gasteiger partial charge in [-0.3, -0.25) is 9.69 Å². The summed E-state index contributed by atoms with van der Waals surface area (Å²) >= 11 is 0. The molecule has 1 amide bonds. The molecule has 2 aliphatic heterocycles. The fourth-order valence-corrected chi connectivity index (χ4v) is 3.25. The molecule has 0 aromatic carbocycles. The third-order valence-corrected chi connectivity index (χ3v) is 4.53. The van der Waals surface area contributed by atoms with Crippen LogP contribution in [0, 0.1) is 0 Å². The highest BCUT2D eigenvalue weighted by Gasteiger charge is 2.21. The number of amides is 1. The molecule has 20 heavy (non-hydrogen) atoms. The molecule has 5 nitrogen and oxygen atoms in total. The molecular weight excluding hydrogens is 252 g/mol. The number of nitrogens with one attached hydrogen (secondary N) is 1. The number of fused-ring (bicyclic) bond motifs is 1. The Bertz CT molecular complexity index is 476. The largest absolute Gasteiger partial charge is 0.348 e. The van der Waals surface area contributed by atoms with E-state index in [4.69, 9.17) is 0 Å². The van der Waals surface area contributed by atoms with E-state index in [9.17, 15) is 4.79 Å². The number of hydrogen-bond acceptors (Lipinski definition) is 3. The molecule has 3 heterocycles. The second-order valence-corrected chi connectivity index (χ2v) is 5.98. The fraction of sp³-hybridized carbons (Fsp3) is 0.733. The lowest BCUT2D eigenvalue weighted by atomic mass is 10.1. The number of carbonyl (C=O) groups excluding carboxylic acids is 1. The van der Waals surface area contributed by atoms with Crippen molar-refractivity contribution in [3.63, 3.8) is 0 Å². The van der Waals surface area contributed by atoms with Gasteiger partial charge in [-0.25, -0.2) is 4.98 Å². The smallest absolute Gasteiger partial charge is 0.287 e. The summed E-state index contributed by atoms with van der Waals surface area (Å²) < 4.78 is 2.08. The predicted octanol–water partition coefficient (Wildman–Crippen LogP) is 1.43. The van der Waals surface area contributed by atoms with Gasteiger partial charge in [0.2, 0.25) is 0 Å². The first-order valence-electron chi connectivity index (χ1n) is 7.82. The summed E-state index contributed by atoms with van der Waals surface area (Å²) in [7, 11) is 0. The first-order valence-corrected chi connectivity index (χ1v) is 7.82. The Kier molecular flexibility index (Phi) is 4.05. The summed E-state index contributed by atoms with van der Waals surface area (Å²) in [6.45, 7) is 6.15. The first-order chi connectivity index (χ1) is 9.75. The Morgan fingerprint density at radius 3 is 2.85 bits per heavy atom. The number of imidazole rings is 1. The van der Waals surface area contributed by atoms with Crippen LogP contribution in [0.15, 0.2) is 6.20 Å². The van der Waals surface area contributed by atoms with Crippen LogP contribution < -0.4 is 5.32 Å². The van der Waals surface area contributed by atoms with Crippen LogP contribution >= 0.6 is 0 Å². The van der Waals surface area contributed by atoms with Gasteiger partial charge in [0.15, 0.2) is 5.82 Å². The van der Waals surface area contributed by atoms with Crippen molar-refractivity contribution in [2.45, 2.75) is 51.6 Å². The van der Waals surface area contributed by atoms with E-state index in [1.807, 2.05) is 6.20 Å². The summed E-state index contributed by atoms with van der Waals surface area (Å²) in [4.78, 5) is 19.0. The van der Waals surface area contributed by atoms with E-state index in [-0.39, 0.29) is 5.91 Å². The van der Waals surface area contributed by atoms with Gasteiger partial charge in [-0.15, -0.1) is 0 Å². The molecule has 1 fully saturated rings. The molecule has 110 valence electrons. The van der Waals surface area contributed by atoms with Gasteiger partial charge >= 0.3 is 0 Å². The van der Waals surface area contributed by atoms with Gasteiger partial charge < -0.3 is 9.88 Å². The lowest BCUT2D eigenvalue weighted by Gasteiger charge is -2.24. The zero-order chi connectivity index (χ0) is 13.9. The van der Waals surface area contributed by atoms with Crippen molar-refractivity contribution >= 4 is 5.91 Å². The van der Waals surface area contributed by atoms with E-state index in [1.54, 1.807) is 0 Å². The number of nitrogens with zero attached hydrogens (tertiary/aromatic N) is 3. The SMILES string of the molecule is CC(CNC(=O)c1ncc2n1CCCC2)N1CCCC1. The number of rotatable bonds is 4. The van der Waals surface area contributed by atoms with E-state index >= 15 is 0 Å². The normalized spacial score (nSPS) is 20.6. The average Bonchev–Trinajstić information content (AvgIpc) is 3.13. The third kappa shape index (κ3) is 2.73. The molecule has 0 bridgehead atoms. The molecule has 0 radical (unpaired) electrons. The Morgan fingerprint density at radius 1 is 1.30 bits per heavy atom. The second kappa shape index (κ2) is 5.95. The average molecular weight is 276 g/mol. The van der Waals surface area contributed by atoms with Crippen LogP contribution in [0.2, 0.25) is 0 Å². The molecule has 1 atom stereocenters. The molecule has 5 heteroatoms. The summed E-state index contributed by atoms with van der Waals surface area (Å²) in [6, 6.07) is 0.414. The van der Waals surface area contributed by atoms with Gasteiger partial charge in [0.05, 0.1) is 0 Å². The van der Waals surface area contributed by atoms with Crippen molar-refractivity contribution in [2.24, 2.45) is 0 Å². The number of aryl methyl sites for hydroxylation is 1. The second-order valence-electron chi connectivity index (χ2n) is 5.98. The number of hydrogen-bond donors (Lipinski definition) is 1. The molecule has 2 aliphatic rings. The monoisotopic (exact) mass is 276 g/mol. The molecule has 1 N–H and O–H groups in total. The van der Waals surface area contributed by atoms with Gasteiger partial charge in [-0.1, -0.05) is 0 Å². The molecule has 1 aromatic rings. The molecule has 0 spiro atoms. The standard InChI is InChI=1S/C15H24N4O/c1-12(18-7-4-5-8-18)10-17-15(20)14-16-11-13-6-2-3-9-19(13)14/h11-12H,2-10H2,1H3,(H,17,20). The van der Waals surface area contributed by atoms with Gasteiger partial charge in [0.1, 0.15) is 0 Å². The van der Waals surface area contributed by atoms with Crippen molar-refractivity contribution < 1.29 is 4.79 Å². The molecule has 1 aromatic heterocycles. The Labute approximate surface area is 120 Å². The van der Waals surface area contributed by atoms with E-state index in [1.165, 1.54) is 25.0 Å². The maximum Gasteiger partial charge on any atom is 0.287 e. The predicted molar refractivity (Wildman–Crippen MR) is 77.8 cm³/mol. The van der Waals surface area contributed by atoms with Crippen LogP contribution in [0.3, 0.4) is 0 Å². The fourth-order valence-electron chi connectivity index (χ4n) is 3.25.